The molecule has 0 N–H and O–H groups in total. The number of carbonyl (C=O) groups excluding carboxylic acids is 1. The molecule has 1 aliphatic heterocycles. The maximum Gasteiger partial charge on any atom is 0.257 e. The first kappa shape index (κ1) is 14.2. The standard InChI is InChI=1S/C17H19N5O/c23-17(14-8-20-16(21-9-14)12-3-4-12)22-7-1-2-13(11-22)15-10-18-5-6-19-15/h5-6,8-10,12-13H,1-4,7,11H2/t13-/m1/s1. The van der Waals surface area contributed by atoms with Gasteiger partial charge in [0.25, 0.3) is 5.91 Å². The summed E-state index contributed by atoms with van der Waals surface area (Å²) in [6, 6.07) is 0. The lowest BCUT2D eigenvalue weighted by atomic mass is 9.94. The minimum Gasteiger partial charge on any atom is -0.338 e. The molecule has 1 aliphatic carbocycles. The minimum atomic E-state index is 0.0148. The molecule has 2 aliphatic rings. The average Bonchev–Trinajstić information content (AvgIpc) is 3.47. The van der Waals surface area contributed by atoms with Crippen molar-refractivity contribution in [1.82, 2.24) is 24.8 Å². The zero-order valence-corrected chi connectivity index (χ0v) is 12.9. The molecule has 0 radical (unpaired) electrons. The van der Waals surface area contributed by atoms with E-state index in [1.165, 1.54) is 12.8 Å². The Hall–Kier alpha value is -2.37. The van der Waals surface area contributed by atoms with Gasteiger partial charge < -0.3 is 4.90 Å². The van der Waals surface area contributed by atoms with Gasteiger partial charge >= 0.3 is 0 Å². The third kappa shape index (κ3) is 3.06. The highest BCUT2D eigenvalue weighted by Crippen LogP contribution is 2.37. The van der Waals surface area contributed by atoms with E-state index >= 15 is 0 Å². The van der Waals surface area contributed by atoms with Gasteiger partial charge in [0, 0.05) is 55.9 Å². The maximum absolute atomic E-state index is 12.7. The number of likely N-dealkylation sites (tertiary alicyclic amines) is 1. The van der Waals surface area contributed by atoms with Crippen LogP contribution in [0.25, 0.3) is 0 Å². The molecular formula is C17H19N5O. The molecule has 6 heteroatoms. The van der Waals surface area contributed by atoms with Crippen LogP contribution in [-0.2, 0) is 0 Å². The van der Waals surface area contributed by atoms with Crippen molar-refractivity contribution in [2.24, 2.45) is 0 Å². The molecule has 2 aromatic rings. The molecule has 118 valence electrons. The second-order valence-corrected chi connectivity index (χ2v) is 6.32. The van der Waals surface area contributed by atoms with Crippen molar-refractivity contribution >= 4 is 5.91 Å². The molecule has 1 saturated carbocycles. The fourth-order valence-corrected chi connectivity index (χ4v) is 3.11. The van der Waals surface area contributed by atoms with E-state index in [4.69, 9.17) is 0 Å². The van der Waals surface area contributed by atoms with Crippen LogP contribution in [0.5, 0.6) is 0 Å². The van der Waals surface area contributed by atoms with Crippen molar-refractivity contribution in [2.45, 2.75) is 37.5 Å². The van der Waals surface area contributed by atoms with Gasteiger partial charge in [-0.25, -0.2) is 9.97 Å². The van der Waals surface area contributed by atoms with E-state index in [-0.39, 0.29) is 11.8 Å². The van der Waals surface area contributed by atoms with Gasteiger partial charge in [0.15, 0.2) is 0 Å². The molecular weight excluding hydrogens is 290 g/mol. The topological polar surface area (TPSA) is 71.9 Å². The van der Waals surface area contributed by atoms with Crippen molar-refractivity contribution in [3.63, 3.8) is 0 Å². The second kappa shape index (κ2) is 6.02. The van der Waals surface area contributed by atoms with Gasteiger partial charge in [-0.1, -0.05) is 0 Å². The number of nitrogens with zero attached hydrogens (tertiary/aromatic N) is 5. The Morgan fingerprint density at radius 3 is 2.52 bits per heavy atom. The van der Waals surface area contributed by atoms with Crippen molar-refractivity contribution in [1.29, 1.82) is 0 Å². The van der Waals surface area contributed by atoms with Gasteiger partial charge in [0.1, 0.15) is 5.82 Å². The van der Waals surface area contributed by atoms with Crippen LogP contribution in [0, 0.1) is 0 Å². The largest absolute Gasteiger partial charge is 0.338 e. The Morgan fingerprint density at radius 2 is 1.83 bits per heavy atom. The predicted molar refractivity (Wildman–Crippen MR) is 83.9 cm³/mol. The zero-order chi connectivity index (χ0) is 15.6. The summed E-state index contributed by atoms with van der Waals surface area (Å²) in [7, 11) is 0. The highest BCUT2D eigenvalue weighted by molar-refractivity contribution is 5.93. The number of aromatic nitrogens is 4. The minimum absolute atomic E-state index is 0.0148. The van der Waals surface area contributed by atoms with E-state index in [1.54, 1.807) is 31.0 Å². The summed E-state index contributed by atoms with van der Waals surface area (Å²) in [6.45, 7) is 1.46. The van der Waals surface area contributed by atoms with Crippen LogP contribution in [0.1, 0.15) is 59.4 Å². The molecule has 0 unspecified atom stereocenters. The van der Waals surface area contributed by atoms with E-state index in [1.807, 2.05) is 4.90 Å². The first-order valence-electron chi connectivity index (χ1n) is 8.18. The van der Waals surface area contributed by atoms with Crippen molar-refractivity contribution in [3.8, 4) is 0 Å². The Bertz CT molecular complexity index is 684. The van der Waals surface area contributed by atoms with Gasteiger partial charge in [-0.2, -0.15) is 0 Å². The van der Waals surface area contributed by atoms with E-state index < -0.39 is 0 Å². The number of piperidine rings is 1. The van der Waals surface area contributed by atoms with Crippen LogP contribution in [0.3, 0.4) is 0 Å². The van der Waals surface area contributed by atoms with Gasteiger partial charge in [0.2, 0.25) is 0 Å². The SMILES string of the molecule is O=C(c1cnc(C2CC2)nc1)N1CCC[C@@H](c2cnccn2)C1. The van der Waals surface area contributed by atoms with E-state index in [9.17, 15) is 4.79 Å². The number of hydrogen-bond donors (Lipinski definition) is 0. The van der Waals surface area contributed by atoms with Crippen LogP contribution in [0.4, 0.5) is 0 Å². The maximum atomic E-state index is 12.7. The monoisotopic (exact) mass is 309 g/mol. The lowest BCUT2D eigenvalue weighted by molar-refractivity contribution is 0.0705. The first-order chi connectivity index (χ1) is 11.3. The van der Waals surface area contributed by atoms with Crippen LogP contribution < -0.4 is 0 Å². The third-order valence-corrected chi connectivity index (χ3v) is 4.57. The molecule has 3 heterocycles. The third-order valence-electron chi connectivity index (χ3n) is 4.57. The smallest absolute Gasteiger partial charge is 0.257 e. The molecule has 2 aromatic heterocycles. The summed E-state index contributed by atoms with van der Waals surface area (Å²) < 4.78 is 0. The average molecular weight is 309 g/mol. The highest BCUT2D eigenvalue weighted by Gasteiger charge is 2.28. The first-order valence-corrected chi connectivity index (χ1v) is 8.18. The van der Waals surface area contributed by atoms with Gasteiger partial charge in [0.05, 0.1) is 11.3 Å². The van der Waals surface area contributed by atoms with Crippen LogP contribution in [0.2, 0.25) is 0 Å². The Balaban J connectivity index is 1.47. The highest BCUT2D eigenvalue weighted by atomic mass is 16.2. The quantitative estimate of drug-likeness (QED) is 0.869. The number of carbonyl (C=O) groups is 1. The summed E-state index contributed by atoms with van der Waals surface area (Å²) >= 11 is 0. The number of amides is 1. The normalized spacial score (nSPS) is 21.2. The summed E-state index contributed by atoms with van der Waals surface area (Å²) in [5.41, 5.74) is 1.54. The Kier molecular flexibility index (Phi) is 3.73. The number of hydrogen-bond acceptors (Lipinski definition) is 5. The zero-order valence-electron chi connectivity index (χ0n) is 12.9. The second-order valence-electron chi connectivity index (χ2n) is 6.32. The van der Waals surface area contributed by atoms with Crippen LogP contribution in [-0.4, -0.2) is 43.8 Å². The molecule has 23 heavy (non-hydrogen) atoms. The van der Waals surface area contributed by atoms with Gasteiger partial charge in [-0.05, 0) is 25.7 Å². The summed E-state index contributed by atoms with van der Waals surface area (Å²) in [6.07, 6.45) is 12.9. The summed E-state index contributed by atoms with van der Waals surface area (Å²) in [5, 5.41) is 0. The van der Waals surface area contributed by atoms with Crippen molar-refractivity contribution in [2.75, 3.05) is 13.1 Å². The van der Waals surface area contributed by atoms with E-state index in [0.717, 1.165) is 30.9 Å². The number of rotatable bonds is 3. The fraction of sp³-hybridized carbons (Fsp3) is 0.471. The molecule has 1 saturated heterocycles. The molecule has 0 bridgehead atoms. The van der Waals surface area contributed by atoms with Crippen LogP contribution in [0.15, 0.2) is 31.0 Å². The predicted octanol–water partition coefficient (Wildman–Crippen LogP) is 2.16. The molecule has 0 aromatic carbocycles. The molecule has 1 atom stereocenters. The Labute approximate surface area is 135 Å². The van der Waals surface area contributed by atoms with Gasteiger partial charge in [-0.3, -0.25) is 14.8 Å². The van der Waals surface area contributed by atoms with E-state index in [2.05, 4.69) is 19.9 Å². The molecule has 1 amide bonds. The lowest BCUT2D eigenvalue weighted by Crippen LogP contribution is -2.39. The Morgan fingerprint density at radius 1 is 1.00 bits per heavy atom. The molecule has 2 fully saturated rings. The van der Waals surface area contributed by atoms with Gasteiger partial charge in [-0.15, -0.1) is 0 Å². The summed E-state index contributed by atoms with van der Waals surface area (Å²) in [4.78, 5) is 31.8. The molecule has 6 nitrogen and oxygen atoms in total. The summed E-state index contributed by atoms with van der Waals surface area (Å²) in [5.74, 6) is 1.65. The lowest BCUT2D eigenvalue weighted by Gasteiger charge is -2.32. The van der Waals surface area contributed by atoms with E-state index in [0.29, 0.717) is 18.0 Å². The van der Waals surface area contributed by atoms with Crippen molar-refractivity contribution in [3.05, 3.63) is 48.1 Å². The fourth-order valence-electron chi connectivity index (χ4n) is 3.11. The molecule has 4 rings (SSSR count). The van der Waals surface area contributed by atoms with Crippen molar-refractivity contribution < 1.29 is 4.79 Å². The van der Waals surface area contributed by atoms with Crippen LogP contribution >= 0.6 is 0 Å². The molecule has 0 spiro atoms.